The van der Waals surface area contributed by atoms with E-state index in [1.807, 2.05) is 42.2 Å². The quantitative estimate of drug-likeness (QED) is 0.542. The summed E-state index contributed by atoms with van der Waals surface area (Å²) < 4.78 is 41.3. The standard InChI is InChI=1S/C27H35ClFN3O3S/c1-19(2)36(34,35)32-11-10-24(23-7-5-4-6-21(23)17-29)25(18-32)27(33)31-14-12-30(13-15-31)26-16-22(28)9-8-20(26)3/h4-9,16,19,24-25H,10-15,17-18H2,1-3H3/t24-,25-/m0/s1. The molecule has 196 valence electrons. The maximum Gasteiger partial charge on any atom is 0.227 e. The average Bonchev–Trinajstić information content (AvgIpc) is 2.89. The number of alkyl halides is 1. The molecule has 2 heterocycles. The Morgan fingerprint density at radius 1 is 1.08 bits per heavy atom. The smallest absolute Gasteiger partial charge is 0.227 e. The van der Waals surface area contributed by atoms with Gasteiger partial charge >= 0.3 is 0 Å². The van der Waals surface area contributed by atoms with Crippen molar-refractivity contribution < 1.29 is 17.6 Å². The molecule has 0 radical (unpaired) electrons. The topological polar surface area (TPSA) is 60.9 Å². The molecule has 9 heteroatoms. The Morgan fingerprint density at radius 3 is 2.44 bits per heavy atom. The molecule has 0 aliphatic carbocycles. The van der Waals surface area contributed by atoms with Crippen LogP contribution in [0, 0.1) is 12.8 Å². The van der Waals surface area contributed by atoms with Crippen molar-refractivity contribution in [1.29, 1.82) is 0 Å². The molecular weight excluding hydrogens is 501 g/mol. The average molecular weight is 536 g/mol. The van der Waals surface area contributed by atoms with Crippen LogP contribution in [0.3, 0.4) is 0 Å². The van der Waals surface area contributed by atoms with Crippen LogP contribution in [0.25, 0.3) is 0 Å². The van der Waals surface area contributed by atoms with Gasteiger partial charge in [-0.3, -0.25) is 4.79 Å². The highest BCUT2D eigenvalue weighted by atomic mass is 35.5. The van der Waals surface area contributed by atoms with E-state index in [0.29, 0.717) is 49.7 Å². The van der Waals surface area contributed by atoms with E-state index in [1.54, 1.807) is 26.0 Å². The minimum absolute atomic E-state index is 0.0558. The summed E-state index contributed by atoms with van der Waals surface area (Å²) in [5.74, 6) is -0.838. The first-order chi connectivity index (χ1) is 17.1. The predicted octanol–water partition coefficient (Wildman–Crippen LogP) is 4.61. The molecule has 2 aromatic rings. The number of piperazine rings is 1. The fourth-order valence-corrected chi connectivity index (χ4v) is 6.91. The second-order valence-electron chi connectivity index (χ2n) is 10.0. The maximum absolute atomic E-state index is 13.9. The van der Waals surface area contributed by atoms with Crippen molar-refractivity contribution in [3.63, 3.8) is 0 Å². The van der Waals surface area contributed by atoms with Crippen molar-refractivity contribution in [2.24, 2.45) is 5.92 Å². The monoisotopic (exact) mass is 535 g/mol. The van der Waals surface area contributed by atoms with E-state index in [0.717, 1.165) is 16.8 Å². The number of carbonyl (C=O) groups excluding carboxylic acids is 1. The summed E-state index contributed by atoms with van der Waals surface area (Å²) in [6, 6.07) is 13.1. The summed E-state index contributed by atoms with van der Waals surface area (Å²) in [5, 5.41) is 0.115. The van der Waals surface area contributed by atoms with Crippen LogP contribution in [0.15, 0.2) is 42.5 Å². The van der Waals surface area contributed by atoms with Crippen molar-refractivity contribution in [1.82, 2.24) is 9.21 Å². The minimum atomic E-state index is -3.50. The van der Waals surface area contributed by atoms with Crippen molar-refractivity contribution >= 4 is 33.2 Å². The third-order valence-corrected chi connectivity index (χ3v) is 10.0. The molecule has 2 saturated heterocycles. The molecule has 6 nitrogen and oxygen atoms in total. The van der Waals surface area contributed by atoms with Gasteiger partial charge in [0.2, 0.25) is 15.9 Å². The molecule has 1 amide bonds. The Hall–Kier alpha value is -2.16. The van der Waals surface area contributed by atoms with Crippen molar-refractivity contribution in [3.8, 4) is 0 Å². The van der Waals surface area contributed by atoms with E-state index < -0.39 is 27.9 Å². The van der Waals surface area contributed by atoms with E-state index in [4.69, 9.17) is 11.6 Å². The highest BCUT2D eigenvalue weighted by Crippen LogP contribution is 2.38. The number of nitrogens with zero attached hydrogens (tertiary/aromatic N) is 3. The molecule has 2 aliphatic rings. The second-order valence-corrected chi connectivity index (χ2v) is 13.0. The Morgan fingerprint density at radius 2 is 1.78 bits per heavy atom. The Balaban J connectivity index is 1.57. The van der Waals surface area contributed by atoms with E-state index >= 15 is 0 Å². The van der Waals surface area contributed by atoms with Crippen LogP contribution in [0.2, 0.25) is 5.02 Å². The zero-order valence-electron chi connectivity index (χ0n) is 21.2. The highest BCUT2D eigenvalue weighted by molar-refractivity contribution is 7.89. The first-order valence-electron chi connectivity index (χ1n) is 12.6. The van der Waals surface area contributed by atoms with Crippen molar-refractivity contribution in [2.45, 2.75) is 45.0 Å². The minimum Gasteiger partial charge on any atom is -0.368 e. The van der Waals surface area contributed by atoms with Gasteiger partial charge in [0, 0.05) is 50.0 Å². The van der Waals surface area contributed by atoms with Crippen LogP contribution in [-0.4, -0.2) is 68.0 Å². The fraction of sp³-hybridized carbons (Fsp3) is 0.519. The second kappa shape index (κ2) is 11.1. The molecule has 0 spiro atoms. The number of hydrogen-bond donors (Lipinski definition) is 0. The number of anilines is 1. The Kier molecular flexibility index (Phi) is 8.27. The van der Waals surface area contributed by atoms with E-state index in [-0.39, 0.29) is 18.4 Å². The summed E-state index contributed by atoms with van der Waals surface area (Å²) >= 11 is 6.22. The van der Waals surface area contributed by atoms with Gasteiger partial charge in [0.15, 0.2) is 0 Å². The number of rotatable bonds is 6. The number of halogens is 2. The third-order valence-electron chi connectivity index (χ3n) is 7.55. The molecule has 0 saturated carbocycles. The van der Waals surface area contributed by atoms with Gasteiger partial charge in [0.1, 0.15) is 6.67 Å². The molecule has 0 aromatic heterocycles. The lowest BCUT2D eigenvalue weighted by Crippen LogP contribution is -2.55. The number of hydrogen-bond acceptors (Lipinski definition) is 4. The number of piperidine rings is 1. The van der Waals surface area contributed by atoms with Gasteiger partial charge in [0.05, 0.1) is 11.2 Å². The molecule has 4 rings (SSSR count). The van der Waals surface area contributed by atoms with Crippen LogP contribution < -0.4 is 4.90 Å². The van der Waals surface area contributed by atoms with Gasteiger partial charge in [-0.05, 0) is 61.9 Å². The van der Waals surface area contributed by atoms with Crippen LogP contribution in [0.4, 0.5) is 10.1 Å². The summed E-state index contributed by atoms with van der Waals surface area (Å²) in [5.41, 5.74) is 3.58. The highest BCUT2D eigenvalue weighted by Gasteiger charge is 2.42. The molecule has 0 N–H and O–H groups in total. The summed E-state index contributed by atoms with van der Waals surface area (Å²) in [4.78, 5) is 18.0. The molecule has 36 heavy (non-hydrogen) atoms. The van der Waals surface area contributed by atoms with Crippen LogP contribution >= 0.6 is 11.6 Å². The number of benzene rings is 2. The van der Waals surface area contributed by atoms with Crippen molar-refractivity contribution in [2.75, 3.05) is 44.2 Å². The Labute approximate surface area is 219 Å². The number of sulfonamides is 1. The molecule has 2 aromatic carbocycles. The van der Waals surface area contributed by atoms with Gasteiger partial charge in [-0.15, -0.1) is 0 Å². The van der Waals surface area contributed by atoms with Gasteiger partial charge < -0.3 is 9.80 Å². The molecular formula is C27H35ClFN3O3S. The summed E-state index contributed by atoms with van der Waals surface area (Å²) in [6.07, 6.45) is 0.487. The summed E-state index contributed by atoms with van der Waals surface area (Å²) in [7, 11) is -3.50. The zero-order chi connectivity index (χ0) is 26.0. The fourth-order valence-electron chi connectivity index (χ4n) is 5.42. The molecule has 2 atom stereocenters. The third kappa shape index (κ3) is 5.41. The lowest BCUT2D eigenvalue weighted by atomic mass is 9.78. The summed E-state index contributed by atoms with van der Waals surface area (Å²) in [6.45, 7) is 7.61. The van der Waals surface area contributed by atoms with Gasteiger partial charge in [-0.1, -0.05) is 41.9 Å². The van der Waals surface area contributed by atoms with E-state index in [2.05, 4.69) is 4.90 Å². The van der Waals surface area contributed by atoms with Crippen LogP contribution in [0.1, 0.15) is 42.9 Å². The number of aryl methyl sites for hydroxylation is 1. The number of amides is 1. The molecule has 2 fully saturated rings. The normalized spacial score (nSPS) is 21.7. The van der Waals surface area contributed by atoms with Gasteiger partial charge in [-0.25, -0.2) is 17.1 Å². The zero-order valence-corrected chi connectivity index (χ0v) is 22.7. The largest absolute Gasteiger partial charge is 0.368 e. The lowest BCUT2D eigenvalue weighted by Gasteiger charge is -2.43. The molecule has 2 aliphatic heterocycles. The number of carbonyl (C=O) groups is 1. The van der Waals surface area contributed by atoms with Gasteiger partial charge in [-0.2, -0.15) is 0 Å². The Bertz CT molecular complexity index is 1200. The first kappa shape index (κ1) is 26.9. The predicted molar refractivity (Wildman–Crippen MR) is 143 cm³/mol. The van der Waals surface area contributed by atoms with Crippen LogP contribution in [-0.2, 0) is 21.5 Å². The molecule has 0 unspecified atom stereocenters. The maximum atomic E-state index is 13.9. The lowest BCUT2D eigenvalue weighted by molar-refractivity contribution is -0.137. The molecule has 0 bridgehead atoms. The van der Waals surface area contributed by atoms with Crippen molar-refractivity contribution in [3.05, 3.63) is 64.2 Å². The van der Waals surface area contributed by atoms with E-state index in [1.165, 1.54) is 4.31 Å². The van der Waals surface area contributed by atoms with Gasteiger partial charge in [0.25, 0.3) is 0 Å². The SMILES string of the molecule is Cc1ccc(Cl)cc1N1CCN(C(=O)[C@H]2CN(S(=O)(=O)C(C)C)CC[C@H]2c2ccccc2CF)CC1. The first-order valence-corrected chi connectivity index (χ1v) is 14.4. The van der Waals surface area contributed by atoms with Crippen LogP contribution in [0.5, 0.6) is 0 Å². The van der Waals surface area contributed by atoms with E-state index in [9.17, 15) is 17.6 Å².